The predicted octanol–water partition coefficient (Wildman–Crippen LogP) is 6.69. The van der Waals surface area contributed by atoms with Crippen LogP contribution in [0.2, 0.25) is 0 Å². The number of alkyl carbamates (subject to hydrolysis) is 2. The van der Waals surface area contributed by atoms with Crippen LogP contribution in [0, 0.1) is 5.92 Å². The zero-order chi connectivity index (χ0) is 50.0. The Bertz CT molecular complexity index is 2380. The molecule has 0 aliphatic carbocycles. The minimum absolute atomic E-state index is 0.0127. The third kappa shape index (κ3) is 15.5. The third-order valence-electron chi connectivity index (χ3n) is 11.5. The van der Waals surface area contributed by atoms with Crippen molar-refractivity contribution in [1.29, 1.82) is 0 Å². The maximum Gasteiger partial charge on any atom is 0.417 e. The highest BCUT2D eigenvalue weighted by Crippen LogP contribution is 2.41. The number of hydrogen-bond acceptors (Lipinski definition) is 14. The van der Waals surface area contributed by atoms with Gasteiger partial charge in [-0.2, -0.15) is 0 Å². The number of piperidine rings is 1. The lowest BCUT2D eigenvalue weighted by atomic mass is 9.88. The summed E-state index contributed by atoms with van der Waals surface area (Å²) in [5.74, 6) is -3.60. The van der Waals surface area contributed by atoms with E-state index in [0.717, 1.165) is 21.6 Å². The molecule has 2 aliphatic heterocycles. The van der Waals surface area contributed by atoms with Crippen molar-refractivity contribution in [3.05, 3.63) is 144 Å². The maximum absolute atomic E-state index is 14.8. The number of benzene rings is 4. The normalized spacial score (nSPS) is 17.7. The highest BCUT2D eigenvalue weighted by atomic mass is 16.6. The first-order chi connectivity index (χ1) is 33.6. The van der Waals surface area contributed by atoms with Crippen LogP contribution < -0.4 is 16.4 Å². The van der Waals surface area contributed by atoms with Crippen molar-refractivity contribution < 1.29 is 57.2 Å². The molecule has 5 amide bonds. The Kier molecular flexibility index (Phi) is 18.6. The van der Waals surface area contributed by atoms with E-state index in [1.807, 2.05) is 42.5 Å². The zero-order valence-electron chi connectivity index (χ0n) is 39.5. The first kappa shape index (κ1) is 51.8. The Morgan fingerprint density at radius 2 is 1.17 bits per heavy atom. The Morgan fingerprint density at radius 3 is 1.66 bits per heavy atom. The van der Waals surface area contributed by atoms with E-state index in [1.54, 1.807) is 99.6 Å². The van der Waals surface area contributed by atoms with E-state index in [0.29, 0.717) is 5.56 Å². The van der Waals surface area contributed by atoms with E-state index < -0.39 is 77.7 Å². The first-order valence-corrected chi connectivity index (χ1v) is 23.2. The standard InChI is InChI=1S/C52H60N6O12/c1-52(2,3)70-47(62)43-29-39(30-44(59)66-31-35-17-8-4-9-18-35)41-26-27-42(46(61)57(41)43)58(51(65)69-34-38-23-14-7-15-24-38)45(60)40(53)25-16-28-54-48(55-49(63)67-32-36-19-10-5-11-20-36)56-50(64)68-33-37-21-12-6-13-22-37/h4-15,17-24,39-43H,16,25-34,53H2,1-3H3,(H2,54,55,56,63,64)/t39-,40+,41-,42-,43+/m1/s1. The summed E-state index contributed by atoms with van der Waals surface area (Å²) in [4.78, 5) is 102. The highest BCUT2D eigenvalue weighted by Gasteiger charge is 2.55. The molecule has 4 aromatic carbocycles. The van der Waals surface area contributed by atoms with Crippen molar-refractivity contribution in [2.45, 2.75) is 115 Å². The third-order valence-corrected chi connectivity index (χ3v) is 11.5. The number of nitrogens with two attached hydrogens (primary N) is 1. The molecule has 4 aromatic rings. The van der Waals surface area contributed by atoms with Crippen LogP contribution in [0.1, 0.15) is 81.5 Å². The zero-order valence-corrected chi connectivity index (χ0v) is 39.5. The SMILES string of the molecule is CC(C)(C)OC(=O)[C@@H]1C[C@H](CC(=O)OCc2ccccc2)[C@H]2CC[C@@H](N(C(=O)OCc3ccccc3)C(=O)[C@@H](N)CCCN=C(NC(=O)OCc3ccccc3)NC(=O)OCc3ccccc3)C(=O)N21. The van der Waals surface area contributed by atoms with Crippen LogP contribution >= 0.6 is 0 Å². The van der Waals surface area contributed by atoms with Crippen molar-refractivity contribution in [3.8, 4) is 0 Å². The van der Waals surface area contributed by atoms with E-state index in [9.17, 15) is 33.6 Å². The second-order valence-corrected chi connectivity index (χ2v) is 17.9. The van der Waals surface area contributed by atoms with Gasteiger partial charge in [0, 0.05) is 12.6 Å². The van der Waals surface area contributed by atoms with Gasteiger partial charge < -0.3 is 34.3 Å². The molecular weight excluding hydrogens is 901 g/mol. The van der Waals surface area contributed by atoms with Crippen LogP contribution in [0.3, 0.4) is 0 Å². The number of amides is 5. The summed E-state index contributed by atoms with van der Waals surface area (Å²) < 4.78 is 27.6. The summed E-state index contributed by atoms with van der Waals surface area (Å²) in [6.45, 7) is 4.71. The van der Waals surface area contributed by atoms with Gasteiger partial charge in [-0.3, -0.25) is 30.0 Å². The van der Waals surface area contributed by atoms with E-state index in [4.69, 9.17) is 29.4 Å². The first-order valence-electron chi connectivity index (χ1n) is 23.2. The second kappa shape index (κ2) is 25.1. The number of guanidine groups is 1. The molecule has 18 heteroatoms. The molecule has 0 saturated carbocycles. The summed E-state index contributed by atoms with van der Waals surface area (Å²) in [5, 5.41) is 4.83. The van der Waals surface area contributed by atoms with Crippen LogP contribution in [0.15, 0.2) is 126 Å². The second-order valence-electron chi connectivity index (χ2n) is 17.9. The Morgan fingerprint density at radius 1 is 0.700 bits per heavy atom. The summed E-state index contributed by atoms with van der Waals surface area (Å²) in [6, 6.07) is 31.3. The smallest absolute Gasteiger partial charge is 0.417 e. The van der Waals surface area contributed by atoms with Gasteiger partial charge in [-0.05, 0) is 81.0 Å². The van der Waals surface area contributed by atoms with Crippen molar-refractivity contribution >= 4 is 48.0 Å². The van der Waals surface area contributed by atoms with Gasteiger partial charge in [-0.15, -0.1) is 0 Å². The lowest BCUT2D eigenvalue weighted by Crippen LogP contribution is -2.62. The van der Waals surface area contributed by atoms with E-state index >= 15 is 0 Å². The molecule has 0 unspecified atom stereocenters. The van der Waals surface area contributed by atoms with Crippen LogP contribution in [0.4, 0.5) is 14.4 Å². The van der Waals surface area contributed by atoms with Gasteiger partial charge in [-0.25, -0.2) is 24.1 Å². The molecule has 2 fully saturated rings. The number of rotatable bonds is 17. The van der Waals surface area contributed by atoms with E-state index in [-0.39, 0.29) is 77.5 Å². The number of aliphatic imine (C=N–C) groups is 1. The lowest BCUT2D eigenvalue weighted by Gasteiger charge is -2.42. The minimum atomic E-state index is -1.42. The number of esters is 2. The quantitative estimate of drug-likeness (QED) is 0.0329. The maximum atomic E-state index is 14.8. The highest BCUT2D eigenvalue weighted by molar-refractivity contribution is 6.02. The van der Waals surface area contributed by atoms with Crippen molar-refractivity contribution in [2.75, 3.05) is 6.54 Å². The van der Waals surface area contributed by atoms with E-state index in [1.165, 1.54) is 4.90 Å². The van der Waals surface area contributed by atoms with Crippen molar-refractivity contribution in [1.82, 2.24) is 20.4 Å². The lowest BCUT2D eigenvalue weighted by molar-refractivity contribution is -0.167. The van der Waals surface area contributed by atoms with Crippen LogP contribution in [0.25, 0.3) is 0 Å². The fourth-order valence-corrected chi connectivity index (χ4v) is 8.17. The van der Waals surface area contributed by atoms with Crippen molar-refractivity contribution in [3.63, 3.8) is 0 Å². The molecule has 6 rings (SSSR count). The molecule has 0 radical (unpaired) electrons. The molecule has 70 heavy (non-hydrogen) atoms. The van der Waals surface area contributed by atoms with Gasteiger partial charge in [0.25, 0.3) is 0 Å². The molecule has 2 saturated heterocycles. The van der Waals surface area contributed by atoms with Gasteiger partial charge in [0.05, 0.1) is 12.5 Å². The molecule has 18 nitrogen and oxygen atoms in total. The number of ether oxygens (including phenoxy) is 5. The molecule has 0 aromatic heterocycles. The Hall–Kier alpha value is -7.60. The number of imide groups is 1. The topological polar surface area (TPSA) is 235 Å². The fraction of sp³-hybridized carbons (Fsp3) is 0.385. The monoisotopic (exact) mass is 960 g/mol. The van der Waals surface area contributed by atoms with Gasteiger partial charge in [0.1, 0.15) is 44.1 Å². The summed E-state index contributed by atoms with van der Waals surface area (Å²) in [7, 11) is 0. The van der Waals surface area contributed by atoms with Crippen molar-refractivity contribution in [2.24, 2.45) is 16.6 Å². The van der Waals surface area contributed by atoms with Gasteiger partial charge in [0.15, 0.2) is 0 Å². The number of nitrogens with one attached hydrogen (secondary N) is 2. The number of carbonyl (C=O) groups is 7. The summed E-state index contributed by atoms with van der Waals surface area (Å²) in [6.07, 6.45) is -2.71. The molecular formula is C52H60N6O12. The van der Waals surface area contributed by atoms with Crippen LogP contribution in [0.5, 0.6) is 0 Å². The molecule has 5 atom stereocenters. The average molecular weight is 961 g/mol. The average Bonchev–Trinajstić information content (AvgIpc) is 3.72. The number of hydrogen-bond donors (Lipinski definition) is 3. The molecule has 0 spiro atoms. The number of carbonyl (C=O) groups excluding carboxylic acids is 7. The van der Waals surface area contributed by atoms with E-state index in [2.05, 4.69) is 15.6 Å². The summed E-state index contributed by atoms with van der Waals surface area (Å²) in [5.41, 5.74) is 8.46. The number of nitrogens with zero attached hydrogens (tertiary/aromatic N) is 3. The van der Waals surface area contributed by atoms with Crippen LogP contribution in [-0.2, 0) is 69.3 Å². The predicted molar refractivity (Wildman–Crippen MR) is 255 cm³/mol. The molecule has 2 aliphatic rings. The summed E-state index contributed by atoms with van der Waals surface area (Å²) >= 11 is 0. The van der Waals surface area contributed by atoms with Gasteiger partial charge in [0.2, 0.25) is 17.8 Å². The molecule has 4 N–H and O–H groups in total. The van der Waals surface area contributed by atoms with Crippen LogP contribution in [-0.4, -0.2) is 94.1 Å². The molecule has 370 valence electrons. The fourth-order valence-electron chi connectivity index (χ4n) is 8.17. The minimum Gasteiger partial charge on any atom is -0.461 e. The number of fused-ring (bicyclic) bond motifs is 1. The van der Waals surface area contributed by atoms with Gasteiger partial charge >= 0.3 is 30.2 Å². The molecule has 2 heterocycles. The molecule has 0 bridgehead atoms. The Balaban J connectivity index is 1.16. The largest absolute Gasteiger partial charge is 0.461 e. The Labute approximate surface area is 406 Å². The van der Waals surface area contributed by atoms with Gasteiger partial charge in [-0.1, -0.05) is 121 Å².